The van der Waals surface area contributed by atoms with Crippen molar-refractivity contribution in [3.05, 3.63) is 32.1 Å². The number of H-pyrrole nitrogens is 1. The molecule has 2 aromatic heterocycles. The Hall–Kier alpha value is -2.95. The maximum absolute atomic E-state index is 12.4. The molecule has 2 aromatic rings. The zero-order valence-corrected chi connectivity index (χ0v) is 15.1. The summed E-state index contributed by atoms with van der Waals surface area (Å²) in [5, 5.41) is 14.8. The van der Waals surface area contributed by atoms with Crippen LogP contribution in [0.3, 0.4) is 0 Å². The number of aromatic nitrogens is 2. The van der Waals surface area contributed by atoms with Crippen molar-refractivity contribution in [2.75, 3.05) is 13.7 Å². The monoisotopic (exact) mass is 380 g/mol. The molecule has 0 aromatic carbocycles. The van der Waals surface area contributed by atoms with Gasteiger partial charge >= 0.3 is 17.3 Å². The summed E-state index contributed by atoms with van der Waals surface area (Å²) in [6.07, 6.45) is 0.458. The quantitative estimate of drug-likeness (QED) is 0.314. The minimum absolute atomic E-state index is 0.0739. The van der Waals surface area contributed by atoms with Gasteiger partial charge in [-0.25, -0.2) is 14.6 Å². The van der Waals surface area contributed by atoms with Gasteiger partial charge in [0.25, 0.3) is 0 Å². The van der Waals surface area contributed by atoms with E-state index in [-0.39, 0.29) is 22.2 Å². The first-order valence-corrected chi connectivity index (χ1v) is 8.47. The van der Waals surface area contributed by atoms with Crippen molar-refractivity contribution in [2.24, 2.45) is 12.0 Å². The van der Waals surface area contributed by atoms with Crippen molar-refractivity contribution in [3.63, 3.8) is 0 Å². The van der Waals surface area contributed by atoms with E-state index in [1.807, 2.05) is 0 Å². The van der Waals surface area contributed by atoms with Crippen LogP contribution in [0.15, 0.2) is 14.3 Å². The SMILES string of the molecule is COC(=O)c1c(/N=C(\[O-])c2c(=O)o[nH][n+]2C)sc2c1CCN(C(C)=O)C2. The third-order valence-corrected chi connectivity index (χ3v) is 5.19. The normalized spacial score (nSPS) is 14.3. The fourth-order valence-electron chi connectivity index (χ4n) is 2.77. The second-order valence-corrected chi connectivity index (χ2v) is 6.76. The van der Waals surface area contributed by atoms with Gasteiger partial charge in [-0.1, -0.05) is 4.68 Å². The van der Waals surface area contributed by atoms with E-state index >= 15 is 0 Å². The largest absolute Gasteiger partial charge is 0.854 e. The van der Waals surface area contributed by atoms with Crippen LogP contribution in [0.1, 0.15) is 33.4 Å². The molecule has 0 radical (unpaired) electrons. The lowest BCUT2D eigenvalue weighted by Crippen LogP contribution is -2.43. The molecule has 0 saturated heterocycles. The number of hydrogen-bond acceptors (Lipinski definition) is 8. The van der Waals surface area contributed by atoms with E-state index in [1.165, 1.54) is 21.1 Å². The second kappa shape index (κ2) is 6.75. The van der Waals surface area contributed by atoms with E-state index in [9.17, 15) is 19.5 Å². The Kier molecular flexibility index (Phi) is 4.64. The molecule has 3 rings (SSSR count). The van der Waals surface area contributed by atoms with Gasteiger partial charge in [-0.15, -0.1) is 11.3 Å². The first kappa shape index (κ1) is 17.9. The predicted molar refractivity (Wildman–Crippen MR) is 87.2 cm³/mol. The van der Waals surface area contributed by atoms with E-state index in [0.717, 1.165) is 26.5 Å². The Balaban J connectivity index is 2.10. The highest BCUT2D eigenvalue weighted by Gasteiger charge is 2.29. The maximum atomic E-state index is 12.4. The molecule has 0 spiro atoms. The highest BCUT2D eigenvalue weighted by atomic mass is 32.1. The molecular weight excluding hydrogens is 364 g/mol. The Labute approximate surface area is 151 Å². The smallest absolute Gasteiger partial charge is 0.435 e. The van der Waals surface area contributed by atoms with Crippen LogP contribution in [0.2, 0.25) is 0 Å². The van der Waals surface area contributed by atoms with Gasteiger partial charge in [-0.3, -0.25) is 9.32 Å². The molecule has 1 N–H and O–H groups in total. The third-order valence-electron chi connectivity index (χ3n) is 4.08. The van der Waals surface area contributed by atoms with Gasteiger partial charge in [-0.05, 0) is 17.3 Å². The molecule has 1 aliphatic heterocycles. The van der Waals surface area contributed by atoms with Crippen LogP contribution >= 0.6 is 11.3 Å². The number of esters is 1. The number of carbonyl (C=O) groups is 2. The van der Waals surface area contributed by atoms with Crippen LogP contribution in [-0.4, -0.2) is 41.6 Å². The summed E-state index contributed by atoms with van der Waals surface area (Å²) < 4.78 is 10.5. The van der Waals surface area contributed by atoms with Crippen LogP contribution in [0, 0.1) is 0 Å². The van der Waals surface area contributed by atoms with E-state index in [4.69, 9.17) is 4.74 Å². The summed E-state index contributed by atoms with van der Waals surface area (Å²) in [5.41, 5.74) is -0.231. The van der Waals surface area contributed by atoms with E-state index in [1.54, 1.807) is 4.90 Å². The number of thiophene rings is 1. The number of fused-ring (bicyclic) bond motifs is 1. The van der Waals surface area contributed by atoms with E-state index in [2.05, 4.69) is 14.8 Å². The van der Waals surface area contributed by atoms with Gasteiger partial charge in [0.15, 0.2) is 7.05 Å². The molecule has 10 nitrogen and oxygen atoms in total. The molecule has 1 amide bonds. The molecule has 11 heteroatoms. The van der Waals surface area contributed by atoms with Gasteiger partial charge in [0.05, 0.1) is 25.1 Å². The van der Waals surface area contributed by atoms with Crippen LogP contribution in [0.25, 0.3) is 0 Å². The Morgan fingerprint density at radius 3 is 2.77 bits per heavy atom. The van der Waals surface area contributed by atoms with Crippen molar-refractivity contribution in [1.29, 1.82) is 0 Å². The Morgan fingerprint density at radius 2 is 2.19 bits per heavy atom. The van der Waals surface area contributed by atoms with Gasteiger partial charge in [0.2, 0.25) is 5.91 Å². The lowest BCUT2D eigenvalue weighted by atomic mass is 10.0. The molecule has 0 unspecified atom stereocenters. The second-order valence-electron chi connectivity index (χ2n) is 5.67. The number of ether oxygens (including phenoxy) is 1. The molecule has 26 heavy (non-hydrogen) atoms. The Morgan fingerprint density at radius 1 is 1.46 bits per heavy atom. The van der Waals surface area contributed by atoms with Crippen molar-refractivity contribution in [2.45, 2.75) is 19.9 Å². The van der Waals surface area contributed by atoms with Gasteiger partial charge in [0.1, 0.15) is 5.00 Å². The summed E-state index contributed by atoms with van der Waals surface area (Å²) >= 11 is 1.13. The van der Waals surface area contributed by atoms with E-state index < -0.39 is 17.5 Å². The number of amides is 1. The van der Waals surface area contributed by atoms with Crippen molar-refractivity contribution >= 4 is 34.1 Å². The molecular formula is C15H16N4O6S. The number of rotatable bonds is 3. The number of aliphatic imine (C=N–C) groups is 1. The molecule has 3 heterocycles. The molecule has 0 bridgehead atoms. The molecule has 0 fully saturated rings. The minimum Gasteiger partial charge on any atom is -0.854 e. The van der Waals surface area contributed by atoms with E-state index in [0.29, 0.717) is 19.5 Å². The number of nitrogens with zero attached hydrogens (tertiary/aromatic N) is 3. The lowest BCUT2D eigenvalue weighted by molar-refractivity contribution is -0.742. The summed E-state index contributed by atoms with van der Waals surface area (Å²) in [7, 11) is 2.67. The van der Waals surface area contributed by atoms with Crippen LogP contribution in [0.4, 0.5) is 5.00 Å². The molecule has 0 aliphatic carbocycles. The highest BCUT2D eigenvalue weighted by Crippen LogP contribution is 2.39. The fourth-order valence-corrected chi connectivity index (χ4v) is 3.98. The summed E-state index contributed by atoms with van der Waals surface area (Å²) in [6.45, 7) is 2.27. The average Bonchev–Trinajstić information content (AvgIpc) is 3.12. The van der Waals surface area contributed by atoms with Crippen LogP contribution in [-0.2, 0) is 29.5 Å². The van der Waals surface area contributed by atoms with Crippen molar-refractivity contribution in [1.82, 2.24) is 10.2 Å². The van der Waals surface area contributed by atoms with Crippen molar-refractivity contribution in [3.8, 4) is 0 Å². The van der Waals surface area contributed by atoms with Gasteiger partial charge < -0.3 is 14.7 Å². The third kappa shape index (κ3) is 3.01. The van der Waals surface area contributed by atoms with Crippen LogP contribution in [0.5, 0.6) is 0 Å². The maximum Gasteiger partial charge on any atom is 0.435 e. The topological polar surface area (TPSA) is 132 Å². The number of methoxy groups -OCH3 is 1. The average molecular weight is 380 g/mol. The number of aromatic amines is 1. The summed E-state index contributed by atoms with van der Waals surface area (Å²) in [6, 6.07) is 0. The lowest BCUT2D eigenvalue weighted by Gasteiger charge is -2.25. The van der Waals surface area contributed by atoms with Gasteiger partial charge in [-0.2, -0.15) is 0 Å². The van der Waals surface area contributed by atoms with Gasteiger partial charge in [0, 0.05) is 18.3 Å². The molecule has 0 saturated carbocycles. The minimum atomic E-state index is -0.857. The predicted octanol–water partition coefficient (Wildman–Crippen LogP) is -1.02. The first-order valence-electron chi connectivity index (χ1n) is 7.65. The molecule has 1 aliphatic rings. The number of nitrogens with one attached hydrogen (secondary N) is 1. The zero-order chi connectivity index (χ0) is 19.0. The fraction of sp³-hybridized carbons (Fsp3) is 0.400. The highest BCUT2D eigenvalue weighted by molar-refractivity contribution is 7.16. The van der Waals surface area contributed by atoms with Crippen molar-refractivity contribution < 1.29 is 28.6 Å². The standard InChI is InChI=1S/C15H16N4O6S/c1-7(20)19-5-4-8-9(6-19)26-13(10(8)14(22)24-3)16-12(21)11-15(23)25-17-18(11)2/h4-6H2,1-3H3,(H-,16,17,21,22,23). The summed E-state index contributed by atoms with van der Waals surface area (Å²) in [4.78, 5) is 41.8. The number of aryl methyl sites for hydroxylation is 1. The zero-order valence-electron chi connectivity index (χ0n) is 14.3. The number of hydrogen-bond donors (Lipinski definition) is 1. The number of carbonyl (C=O) groups excluding carboxylic acids is 2. The van der Waals surface area contributed by atoms with Crippen LogP contribution < -0.4 is 15.4 Å². The molecule has 0 atom stereocenters. The molecule has 138 valence electrons. The first-order chi connectivity index (χ1) is 12.3. The summed E-state index contributed by atoms with van der Waals surface area (Å²) in [5.74, 6) is -1.53. The Bertz CT molecular complexity index is 969.